The molecule has 1 aliphatic heterocycles. The van der Waals surface area contributed by atoms with E-state index in [0.29, 0.717) is 13.0 Å². The van der Waals surface area contributed by atoms with Gasteiger partial charge in [0.25, 0.3) is 5.92 Å². The SMILES string of the molecule is O=C(O)/C=C/C(=O)N1C[C@@H]2CCC(F)(F)[C@H]2C1. The van der Waals surface area contributed by atoms with Crippen LogP contribution in [0.3, 0.4) is 0 Å². The number of alkyl halides is 2. The molecular formula is C11H13F2NO3. The standard InChI is InChI=1S/C11H13F2NO3/c12-11(13)4-3-7-5-14(6-8(7)11)9(15)1-2-10(16)17/h1-2,7-8H,3-6H2,(H,16,17)/b2-1+/t7-,8-/m0/s1. The summed E-state index contributed by atoms with van der Waals surface area (Å²) in [6.07, 6.45) is 1.98. The number of carbonyl (C=O) groups is 2. The van der Waals surface area contributed by atoms with Crippen LogP contribution in [0.1, 0.15) is 12.8 Å². The molecule has 2 fully saturated rings. The summed E-state index contributed by atoms with van der Waals surface area (Å²) in [5.74, 6) is -5.31. The highest BCUT2D eigenvalue weighted by Gasteiger charge is 2.54. The van der Waals surface area contributed by atoms with Crippen LogP contribution >= 0.6 is 0 Å². The second-order valence-electron chi connectivity index (χ2n) is 4.58. The predicted octanol–water partition coefficient (Wildman–Crippen LogP) is 1.13. The number of carbonyl (C=O) groups excluding carboxylic acids is 1. The number of aliphatic carboxylic acids is 1. The molecule has 0 unspecified atom stereocenters. The molecule has 1 amide bonds. The molecule has 94 valence electrons. The van der Waals surface area contributed by atoms with Gasteiger partial charge in [0.15, 0.2) is 0 Å². The van der Waals surface area contributed by atoms with Crippen LogP contribution in [-0.2, 0) is 9.59 Å². The van der Waals surface area contributed by atoms with E-state index in [-0.39, 0.29) is 18.9 Å². The van der Waals surface area contributed by atoms with Gasteiger partial charge in [0, 0.05) is 37.6 Å². The molecule has 17 heavy (non-hydrogen) atoms. The number of rotatable bonds is 2. The molecule has 2 aliphatic rings. The van der Waals surface area contributed by atoms with Crippen molar-refractivity contribution in [3.05, 3.63) is 12.2 Å². The highest BCUT2D eigenvalue weighted by atomic mass is 19.3. The van der Waals surface area contributed by atoms with E-state index in [1.54, 1.807) is 0 Å². The van der Waals surface area contributed by atoms with Crippen molar-refractivity contribution in [3.8, 4) is 0 Å². The average molecular weight is 245 g/mol. The minimum absolute atomic E-state index is 0.0282. The highest BCUT2D eigenvalue weighted by molar-refractivity contribution is 5.94. The fourth-order valence-electron chi connectivity index (χ4n) is 2.63. The van der Waals surface area contributed by atoms with Crippen LogP contribution in [0, 0.1) is 11.8 Å². The smallest absolute Gasteiger partial charge is 0.328 e. The normalized spacial score (nSPS) is 30.8. The third kappa shape index (κ3) is 2.30. The van der Waals surface area contributed by atoms with Gasteiger partial charge in [0.2, 0.25) is 5.91 Å². The highest BCUT2D eigenvalue weighted by Crippen LogP contribution is 2.48. The Morgan fingerprint density at radius 2 is 2.00 bits per heavy atom. The summed E-state index contributed by atoms with van der Waals surface area (Å²) >= 11 is 0. The van der Waals surface area contributed by atoms with Crippen molar-refractivity contribution in [2.45, 2.75) is 18.8 Å². The maximum absolute atomic E-state index is 13.4. The number of nitrogens with zero attached hydrogens (tertiary/aromatic N) is 1. The summed E-state index contributed by atoms with van der Waals surface area (Å²) in [6, 6.07) is 0. The third-order valence-electron chi connectivity index (χ3n) is 3.51. The minimum atomic E-state index is -2.68. The first-order chi connectivity index (χ1) is 7.90. The molecule has 1 saturated heterocycles. The van der Waals surface area contributed by atoms with E-state index in [0.717, 1.165) is 12.2 Å². The van der Waals surface area contributed by atoms with Crippen molar-refractivity contribution in [2.24, 2.45) is 11.8 Å². The van der Waals surface area contributed by atoms with Crippen molar-refractivity contribution in [2.75, 3.05) is 13.1 Å². The number of hydrogen-bond acceptors (Lipinski definition) is 2. The Morgan fingerprint density at radius 1 is 1.29 bits per heavy atom. The molecule has 0 aromatic carbocycles. The summed E-state index contributed by atoms with van der Waals surface area (Å²) < 4.78 is 26.8. The fraction of sp³-hybridized carbons (Fsp3) is 0.636. The minimum Gasteiger partial charge on any atom is -0.478 e. The summed E-state index contributed by atoms with van der Waals surface area (Å²) in [7, 11) is 0. The predicted molar refractivity (Wildman–Crippen MR) is 54.5 cm³/mol. The lowest BCUT2D eigenvalue weighted by atomic mass is 9.99. The van der Waals surface area contributed by atoms with Gasteiger partial charge in [0.1, 0.15) is 0 Å². The van der Waals surface area contributed by atoms with Crippen LogP contribution in [0.15, 0.2) is 12.2 Å². The van der Waals surface area contributed by atoms with Gasteiger partial charge in [-0.25, -0.2) is 13.6 Å². The quantitative estimate of drug-likeness (QED) is 0.742. The van der Waals surface area contributed by atoms with Crippen LogP contribution in [0.25, 0.3) is 0 Å². The first-order valence-electron chi connectivity index (χ1n) is 5.48. The molecule has 0 aromatic heterocycles. The summed E-state index contributed by atoms with van der Waals surface area (Å²) in [5, 5.41) is 8.37. The van der Waals surface area contributed by atoms with E-state index >= 15 is 0 Å². The van der Waals surface area contributed by atoms with Crippen molar-refractivity contribution < 1.29 is 23.5 Å². The Labute approximate surface area is 96.9 Å². The fourth-order valence-corrected chi connectivity index (χ4v) is 2.63. The van der Waals surface area contributed by atoms with Crippen LogP contribution in [-0.4, -0.2) is 40.9 Å². The van der Waals surface area contributed by atoms with Crippen molar-refractivity contribution in [1.29, 1.82) is 0 Å². The lowest BCUT2D eigenvalue weighted by molar-refractivity contribution is -0.132. The summed E-state index contributed by atoms with van der Waals surface area (Å²) in [6.45, 7) is 0.337. The van der Waals surface area contributed by atoms with Gasteiger partial charge in [-0.2, -0.15) is 0 Å². The molecule has 4 nitrogen and oxygen atoms in total. The molecular weight excluding hydrogens is 232 g/mol. The first-order valence-corrected chi connectivity index (χ1v) is 5.48. The van der Waals surface area contributed by atoms with E-state index in [1.807, 2.05) is 0 Å². The van der Waals surface area contributed by atoms with Crippen LogP contribution in [0.5, 0.6) is 0 Å². The van der Waals surface area contributed by atoms with E-state index < -0.39 is 23.7 Å². The molecule has 2 atom stereocenters. The van der Waals surface area contributed by atoms with Crippen molar-refractivity contribution in [3.63, 3.8) is 0 Å². The third-order valence-corrected chi connectivity index (χ3v) is 3.51. The zero-order valence-electron chi connectivity index (χ0n) is 9.10. The molecule has 0 aromatic rings. The average Bonchev–Trinajstić information content (AvgIpc) is 2.77. The number of likely N-dealkylation sites (tertiary alicyclic amines) is 1. The lowest BCUT2D eigenvalue weighted by Crippen LogP contribution is -2.32. The first kappa shape index (κ1) is 12.0. The second kappa shape index (κ2) is 4.09. The van der Waals surface area contributed by atoms with Crippen molar-refractivity contribution >= 4 is 11.9 Å². The number of carboxylic acid groups (broad SMARTS) is 1. The van der Waals surface area contributed by atoms with Gasteiger partial charge in [-0.15, -0.1) is 0 Å². The Bertz CT molecular complexity index is 381. The lowest BCUT2D eigenvalue weighted by Gasteiger charge is -2.19. The second-order valence-corrected chi connectivity index (χ2v) is 4.58. The van der Waals surface area contributed by atoms with Gasteiger partial charge >= 0.3 is 5.97 Å². The van der Waals surface area contributed by atoms with E-state index in [9.17, 15) is 18.4 Å². The van der Waals surface area contributed by atoms with Crippen LogP contribution in [0.2, 0.25) is 0 Å². The number of halogens is 2. The molecule has 1 heterocycles. The zero-order chi connectivity index (χ0) is 12.6. The number of hydrogen-bond donors (Lipinski definition) is 1. The maximum Gasteiger partial charge on any atom is 0.328 e. The molecule has 6 heteroatoms. The number of fused-ring (bicyclic) bond motifs is 1. The van der Waals surface area contributed by atoms with Crippen LogP contribution in [0.4, 0.5) is 8.78 Å². The Kier molecular flexibility index (Phi) is 2.89. The van der Waals surface area contributed by atoms with Crippen molar-refractivity contribution in [1.82, 2.24) is 4.90 Å². The molecule has 0 spiro atoms. The summed E-state index contributed by atoms with van der Waals surface area (Å²) in [4.78, 5) is 23.1. The van der Waals surface area contributed by atoms with Gasteiger partial charge in [-0.3, -0.25) is 4.79 Å². The maximum atomic E-state index is 13.4. The number of carboxylic acids is 1. The largest absolute Gasteiger partial charge is 0.478 e. The Morgan fingerprint density at radius 3 is 2.59 bits per heavy atom. The van der Waals surface area contributed by atoms with Gasteiger partial charge in [0.05, 0.1) is 0 Å². The topological polar surface area (TPSA) is 57.6 Å². The Hall–Kier alpha value is -1.46. The monoisotopic (exact) mass is 245 g/mol. The van der Waals surface area contributed by atoms with Gasteiger partial charge in [-0.1, -0.05) is 0 Å². The van der Waals surface area contributed by atoms with Gasteiger partial charge < -0.3 is 10.0 Å². The van der Waals surface area contributed by atoms with E-state index in [2.05, 4.69) is 0 Å². The van der Waals surface area contributed by atoms with E-state index in [1.165, 1.54) is 4.90 Å². The summed E-state index contributed by atoms with van der Waals surface area (Å²) in [5.41, 5.74) is 0. The number of amides is 1. The molecule has 2 rings (SSSR count). The molecule has 0 bridgehead atoms. The Balaban J connectivity index is 1.99. The van der Waals surface area contributed by atoms with E-state index in [4.69, 9.17) is 5.11 Å². The molecule has 1 N–H and O–H groups in total. The zero-order valence-corrected chi connectivity index (χ0v) is 9.10. The van der Waals surface area contributed by atoms with Gasteiger partial charge in [-0.05, 0) is 12.3 Å². The molecule has 0 radical (unpaired) electrons. The molecule has 1 saturated carbocycles. The molecule has 1 aliphatic carbocycles. The van der Waals surface area contributed by atoms with Crippen LogP contribution < -0.4 is 0 Å².